The van der Waals surface area contributed by atoms with Gasteiger partial charge < -0.3 is 34.8 Å². The van der Waals surface area contributed by atoms with Gasteiger partial charge in [-0.2, -0.15) is 0 Å². The minimum absolute atomic E-state index is 0.111. The molecular weight excluding hydrogens is 669 g/mol. The molecule has 2 unspecified atom stereocenters. The van der Waals surface area contributed by atoms with E-state index < -0.39 is 61.9 Å². The van der Waals surface area contributed by atoms with Crippen LogP contribution in [-0.2, 0) is 18.3 Å². The summed E-state index contributed by atoms with van der Waals surface area (Å²) < 4.78 is 31.5. The van der Waals surface area contributed by atoms with Crippen molar-refractivity contribution in [3.8, 4) is 0 Å². The van der Waals surface area contributed by atoms with Crippen LogP contribution in [0.2, 0.25) is 0 Å². The summed E-state index contributed by atoms with van der Waals surface area (Å²) in [4.78, 5) is 27.4. The van der Waals surface area contributed by atoms with Gasteiger partial charge in [-0.15, -0.1) is 0 Å². The summed E-state index contributed by atoms with van der Waals surface area (Å²) in [6.07, 6.45) is 12.9. The third-order valence-corrected chi connectivity index (χ3v) is 11.6. The second-order valence-electron chi connectivity index (χ2n) is 14.1. The number of hydrogen-bond donors (Lipinski definition) is 6. The molecular formula is C35H64N3O11P. The Balaban J connectivity index is 1.36. The standard InChI is InChI=1S/C35H64N3O11P/c1-2-3-4-5-6-7-8-9-10-11-12-13-14-15-16-17-18-19-23-47-50(46,24-22-37-25-27(39)28(40)26-37)49-34(44)32-30(42)31(43)33(48-32)38-21-20-29(41)36-35(38)45/h20-21,27-28,30-34,39-40,42-44H,2-19,22-26H2,1H3,(H,36,41,45)/t27-,28-,30+,31-,32+,33-,34?,50?/m1/s1. The van der Waals surface area contributed by atoms with E-state index in [0.717, 1.165) is 36.1 Å². The second kappa shape index (κ2) is 23.3. The van der Waals surface area contributed by atoms with Gasteiger partial charge in [0.2, 0.25) is 0 Å². The number of unbranched alkanes of at least 4 members (excludes halogenated alkanes) is 17. The first-order valence-corrected chi connectivity index (χ1v) is 20.8. The maximum absolute atomic E-state index is 13.9. The molecule has 3 rings (SSSR count). The quantitative estimate of drug-likeness (QED) is 0.0435. The number of aliphatic hydroxyl groups excluding tert-OH is 5. The van der Waals surface area contributed by atoms with Crippen LogP contribution in [0.1, 0.15) is 129 Å². The summed E-state index contributed by atoms with van der Waals surface area (Å²) in [5, 5.41) is 51.8. The Labute approximate surface area is 296 Å². The molecule has 0 radical (unpaired) electrons. The fraction of sp³-hybridized carbons (Fsp3) is 0.886. The Morgan fingerprint density at radius 3 is 1.82 bits per heavy atom. The van der Waals surface area contributed by atoms with E-state index in [9.17, 15) is 39.7 Å². The molecule has 0 amide bonds. The number of aromatic nitrogens is 2. The molecule has 0 bridgehead atoms. The fourth-order valence-corrected chi connectivity index (χ4v) is 8.33. The molecule has 0 spiro atoms. The van der Waals surface area contributed by atoms with Gasteiger partial charge in [-0.3, -0.25) is 28.3 Å². The Morgan fingerprint density at radius 2 is 1.32 bits per heavy atom. The highest BCUT2D eigenvalue weighted by atomic mass is 31.2. The Kier molecular flexibility index (Phi) is 20.0. The number of rotatable bonds is 27. The third-order valence-electron chi connectivity index (χ3n) is 9.76. The summed E-state index contributed by atoms with van der Waals surface area (Å²) in [5.74, 6) is 0. The first kappa shape index (κ1) is 43.0. The van der Waals surface area contributed by atoms with Gasteiger partial charge in [0.25, 0.3) is 5.56 Å². The minimum Gasteiger partial charge on any atom is -0.389 e. The largest absolute Gasteiger partial charge is 0.389 e. The van der Waals surface area contributed by atoms with Crippen LogP contribution in [0.25, 0.3) is 0 Å². The van der Waals surface area contributed by atoms with Gasteiger partial charge in [0.15, 0.2) is 12.5 Å². The molecule has 2 aliphatic rings. The summed E-state index contributed by atoms with van der Waals surface area (Å²) in [5.41, 5.74) is -1.55. The Bertz CT molecular complexity index is 1220. The van der Waals surface area contributed by atoms with Crippen LogP contribution in [0.5, 0.6) is 0 Å². The highest BCUT2D eigenvalue weighted by Gasteiger charge is 2.49. The van der Waals surface area contributed by atoms with Crippen molar-refractivity contribution in [1.82, 2.24) is 14.5 Å². The van der Waals surface area contributed by atoms with E-state index in [1.54, 1.807) is 4.90 Å². The summed E-state index contributed by atoms with van der Waals surface area (Å²) in [6.45, 7) is 2.86. The van der Waals surface area contributed by atoms with Gasteiger partial charge >= 0.3 is 13.3 Å². The summed E-state index contributed by atoms with van der Waals surface area (Å²) in [6, 6.07) is 1.04. The van der Waals surface area contributed by atoms with Gasteiger partial charge in [0.1, 0.15) is 18.3 Å². The number of nitrogens with one attached hydrogen (secondary N) is 1. The molecule has 290 valence electrons. The van der Waals surface area contributed by atoms with E-state index in [1.807, 2.05) is 4.98 Å². The van der Waals surface area contributed by atoms with E-state index in [4.69, 9.17) is 13.8 Å². The van der Waals surface area contributed by atoms with Crippen LogP contribution < -0.4 is 11.2 Å². The van der Waals surface area contributed by atoms with Crippen molar-refractivity contribution in [3.63, 3.8) is 0 Å². The maximum atomic E-state index is 13.9. The molecule has 0 saturated carbocycles. The van der Waals surface area contributed by atoms with Gasteiger partial charge in [-0.05, 0) is 6.42 Å². The number of nitrogens with zero attached hydrogens (tertiary/aromatic N) is 2. The zero-order valence-electron chi connectivity index (χ0n) is 30.0. The molecule has 2 aliphatic heterocycles. The molecule has 2 saturated heterocycles. The predicted octanol–water partition coefficient (Wildman–Crippen LogP) is 3.78. The lowest BCUT2D eigenvalue weighted by molar-refractivity contribution is -0.158. The number of likely N-dealkylation sites (tertiary alicyclic amines) is 1. The molecule has 1 aromatic heterocycles. The van der Waals surface area contributed by atoms with Crippen molar-refractivity contribution < 1.29 is 43.9 Å². The van der Waals surface area contributed by atoms with Gasteiger partial charge in [-0.1, -0.05) is 116 Å². The molecule has 14 nitrogen and oxygen atoms in total. The highest BCUT2D eigenvalue weighted by molar-refractivity contribution is 7.53. The van der Waals surface area contributed by atoms with Gasteiger partial charge in [0.05, 0.1) is 25.0 Å². The lowest BCUT2D eigenvalue weighted by Crippen LogP contribution is -2.40. The molecule has 0 aliphatic carbocycles. The summed E-state index contributed by atoms with van der Waals surface area (Å²) in [7, 11) is -4.01. The molecule has 50 heavy (non-hydrogen) atoms. The van der Waals surface area contributed by atoms with Crippen LogP contribution in [-0.4, -0.2) is 109 Å². The van der Waals surface area contributed by atoms with Crippen LogP contribution in [0.15, 0.2) is 21.9 Å². The Hall–Kier alpha value is -1.45. The summed E-state index contributed by atoms with van der Waals surface area (Å²) >= 11 is 0. The maximum Gasteiger partial charge on any atom is 0.334 e. The molecule has 6 N–H and O–H groups in total. The van der Waals surface area contributed by atoms with Crippen molar-refractivity contribution >= 4 is 7.60 Å². The zero-order valence-corrected chi connectivity index (χ0v) is 30.9. The molecule has 15 heteroatoms. The number of β-amino-alcohol motifs (C(OH)–C–C–N with tert-alkyl or cyclic N) is 2. The van der Waals surface area contributed by atoms with Gasteiger partial charge in [-0.25, -0.2) is 4.79 Å². The van der Waals surface area contributed by atoms with Crippen molar-refractivity contribution in [2.75, 3.05) is 32.4 Å². The molecule has 3 heterocycles. The van der Waals surface area contributed by atoms with Crippen molar-refractivity contribution in [1.29, 1.82) is 0 Å². The lowest BCUT2D eigenvalue weighted by Gasteiger charge is -2.27. The predicted molar refractivity (Wildman–Crippen MR) is 190 cm³/mol. The molecule has 8 atom stereocenters. The first-order valence-electron chi connectivity index (χ1n) is 19.1. The zero-order chi connectivity index (χ0) is 36.4. The van der Waals surface area contributed by atoms with Crippen LogP contribution >= 0.6 is 7.60 Å². The van der Waals surface area contributed by atoms with E-state index >= 15 is 0 Å². The normalized spacial score (nSPS) is 26.0. The van der Waals surface area contributed by atoms with Crippen molar-refractivity contribution in [2.45, 2.75) is 166 Å². The number of ether oxygens (including phenoxy) is 1. The van der Waals surface area contributed by atoms with E-state index in [0.29, 0.717) is 6.42 Å². The van der Waals surface area contributed by atoms with Crippen LogP contribution in [0.4, 0.5) is 0 Å². The smallest absolute Gasteiger partial charge is 0.334 e. The van der Waals surface area contributed by atoms with E-state index in [2.05, 4.69) is 6.92 Å². The second-order valence-corrected chi connectivity index (χ2v) is 16.2. The number of hydrogen-bond acceptors (Lipinski definition) is 12. The third kappa shape index (κ3) is 14.9. The molecule has 1 aromatic rings. The van der Waals surface area contributed by atoms with Crippen LogP contribution in [0.3, 0.4) is 0 Å². The molecule has 0 aromatic carbocycles. The SMILES string of the molecule is CCCCCCCCCCCCCCCCCCCCOP(=O)(CCN1C[C@@H](O)[C@H](O)C1)OC(O)[C@H]1O[C@@H](n2ccc(=O)[nH]c2=O)[C@H](O)[C@@H]1O. The Morgan fingerprint density at radius 1 is 0.820 bits per heavy atom. The average Bonchev–Trinajstić information content (AvgIpc) is 3.57. The monoisotopic (exact) mass is 733 g/mol. The number of H-pyrrole nitrogens is 1. The van der Waals surface area contributed by atoms with E-state index in [-0.39, 0.29) is 32.4 Å². The highest BCUT2D eigenvalue weighted by Crippen LogP contribution is 2.50. The average molecular weight is 734 g/mol. The van der Waals surface area contributed by atoms with Crippen LogP contribution in [0, 0.1) is 0 Å². The first-order chi connectivity index (χ1) is 24.0. The van der Waals surface area contributed by atoms with E-state index in [1.165, 1.54) is 89.9 Å². The topological polar surface area (TPSA) is 204 Å². The van der Waals surface area contributed by atoms with Crippen molar-refractivity contribution in [2.24, 2.45) is 0 Å². The molecule has 2 fully saturated rings. The fourth-order valence-electron chi connectivity index (χ4n) is 6.65. The number of aromatic amines is 1. The lowest BCUT2D eigenvalue weighted by atomic mass is 10.0. The van der Waals surface area contributed by atoms with Gasteiger partial charge in [0, 0.05) is 31.9 Å². The van der Waals surface area contributed by atoms with Crippen molar-refractivity contribution in [3.05, 3.63) is 33.1 Å². The number of aliphatic hydroxyl groups is 5. The minimum atomic E-state index is -4.01.